The van der Waals surface area contributed by atoms with Gasteiger partial charge in [0.15, 0.2) is 0 Å². The SMILES string of the molecule is Nc1nc2c(c(-c3cccnc3)n1)CN(C(=O)C1CCCC1)C2. The summed E-state index contributed by atoms with van der Waals surface area (Å²) in [6.45, 7) is 1.10. The summed E-state index contributed by atoms with van der Waals surface area (Å²) in [4.78, 5) is 27.5. The Labute approximate surface area is 134 Å². The molecule has 1 saturated carbocycles. The monoisotopic (exact) mass is 309 g/mol. The van der Waals surface area contributed by atoms with E-state index in [-0.39, 0.29) is 17.8 Å². The lowest BCUT2D eigenvalue weighted by atomic mass is 10.1. The van der Waals surface area contributed by atoms with Crippen molar-refractivity contribution in [3.05, 3.63) is 35.8 Å². The van der Waals surface area contributed by atoms with Crippen molar-refractivity contribution in [3.8, 4) is 11.3 Å². The molecule has 6 heteroatoms. The van der Waals surface area contributed by atoms with Crippen LogP contribution in [-0.2, 0) is 17.9 Å². The molecule has 2 aromatic rings. The van der Waals surface area contributed by atoms with Gasteiger partial charge in [0.25, 0.3) is 0 Å². The topological polar surface area (TPSA) is 85.0 Å². The molecule has 1 aliphatic heterocycles. The Kier molecular flexibility index (Phi) is 3.44. The van der Waals surface area contributed by atoms with Gasteiger partial charge in [0.05, 0.1) is 24.5 Å². The van der Waals surface area contributed by atoms with Gasteiger partial charge in [0.2, 0.25) is 11.9 Å². The van der Waals surface area contributed by atoms with E-state index in [1.54, 1.807) is 12.4 Å². The number of fused-ring (bicyclic) bond motifs is 1. The number of carbonyl (C=O) groups is 1. The highest BCUT2D eigenvalue weighted by Crippen LogP contribution is 2.34. The zero-order chi connectivity index (χ0) is 15.8. The molecule has 6 nitrogen and oxygen atoms in total. The van der Waals surface area contributed by atoms with Crippen LogP contribution in [0.3, 0.4) is 0 Å². The molecule has 0 atom stereocenters. The molecule has 2 aromatic heterocycles. The maximum atomic E-state index is 12.7. The van der Waals surface area contributed by atoms with Gasteiger partial charge in [-0.25, -0.2) is 9.97 Å². The number of rotatable bonds is 2. The third kappa shape index (κ3) is 2.54. The highest BCUT2D eigenvalue weighted by atomic mass is 16.2. The van der Waals surface area contributed by atoms with Gasteiger partial charge in [0.1, 0.15) is 0 Å². The number of amides is 1. The number of nitrogens with zero attached hydrogens (tertiary/aromatic N) is 4. The number of nitrogen functional groups attached to an aromatic ring is 1. The van der Waals surface area contributed by atoms with Crippen molar-refractivity contribution in [1.82, 2.24) is 19.9 Å². The van der Waals surface area contributed by atoms with Gasteiger partial charge in [-0.05, 0) is 25.0 Å². The third-order valence-electron chi connectivity index (χ3n) is 4.75. The number of aromatic nitrogens is 3. The minimum atomic E-state index is 0.177. The summed E-state index contributed by atoms with van der Waals surface area (Å²) in [5.74, 6) is 0.672. The average molecular weight is 309 g/mol. The normalized spacial score (nSPS) is 17.5. The predicted molar refractivity (Wildman–Crippen MR) is 85.9 cm³/mol. The Morgan fingerprint density at radius 1 is 1.22 bits per heavy atom. The van der Waals surface area contributed by atoms with Crippen LogP contribution in [0.25, 0.3) is 11.3 Å². The second kappa shape index (κ2) is 5.61. The van der Waals surface area contributed by atoms with Crippen molar-refractivity contribution in [2.75, 3.05) is 5.73 Å². The van der Waals surface area contributed by atoms with Crippen molar-refractivity contribution in [2.45, 2.75) is 38.8 Å². The first-order valence-electron chi connectivity index (χ1n) is 8.07. The predicted octanol–water partition coefficient (Wildman–Crippen LogP) is 2.15. The molecule has 23 heavy (non-hydrogen) atoms. The molecule has 1 amide bonds. The summed E-state index contributed by atoms with van der Waals surface area (Å²) in [6.07, 6.45) is 7.83. The van der Waals surface area contributed by atoms with Crippen LogP contribution in [0.4, 0.5) is 5.95 Å². The van der Waals surface area contributed by atoms with E-state index in [0.29, 0.717) is 13.1 Å². The highest BCUT2D eigenvalue weighted by molar-refractivity contribution is 5.80. The van der Waals surface area contributed by atoms with Gasteiger partial charge < -0.3 is 10.6 Å². The second-order valence-electron chi connectivity index (χ2n) is 6.27. The van der Waals surface area contributed by atoms with E-state index in [4.69, 9.17) is 5.73 Å². The molecule has 118 valence electrons. The Morgan fingerprint density at radius 2 is 2.04 bits per heavy atom. The minimum absolute atomic E-state index is 0.177. The van der Waals surface area contributed by atoms with Crippen LogP contribution in [0.2, 0.25) is 0 Å². The molecule has 0 spiro atoms. The lowest BCUT2D eigenvalue weighted by Gasteiger charge is -2.19. The summed E-state index contributed by atoms with van der Waals surface area (Å²) in [7, 11) is 0. The quantitative estimate of drug-likeness (QED) is 0.918. The molecule has 3 heterocycles. The molecule has 4 rings (SSSR count). The van der Waals surface area contributed by atoms with E-state index in [1.165, 1.54) is 0 Å². The lowest BCUT2D eigenvalue weighted by molar-refractivity contribution is -0.136. The van der Waals surface area contributed by atoms with Crippen molar-refractivity contribution in [3.63, 3.8) is 0 Å². The largest absolute Gasteiger partial charge is 0.368 e. The molecular formula is C17H19N5O. The Hall–Kier alpha value is -2.50. The average Bonchev–Trinajstić information content (AvgIpc) is 3.23. The Morgan fingerprint density at radius 3 is 2.78 bits per heavy atom. The number of carbonyl (C=O) groups excluding carboxylic acids is 1. The lowest BCUT2D eigenvalue weighted by Crippen LogP contribution is -2.30. The highest BCUT2D eigenvalue weighted by Gasteiger charge is 2.33. The van der Waals surface area contributed by atoms with Crippen LogP contribution in [0.15, 0.2) is 24.5 Å². The van der Waals surface area contributed by atoms with E-state index in [1.807, 2.05) is 17.0 Å². The van der Waals surface area contributed by atoms with Gasteiger partial charge in [0, 0.05) is 29.4 Å². The first-order chi connectivity index (χ1) is 11.2. The Bertz CT molecular complexity index is 740. The molecular weight excluding hydrogens is 290 g/mol. The summed E-state index contributed by atoms with van der Waals surface area (Å²) in [6, 6.07) is 3.83. The van der Waals surface area contributed by atoms with Crippen molar-refractivity contribution >= 4 is 11.9 Å². The maximum absolute atomic E-state index is 12.7. The molecule has 2 N–H and O–H groups in total. The number of hydrogen-bond donors (Lipinski definition) is 1. The zero-order valence-corrected chi connectivity index (χ0v) is 12.9. The number of anilines is 1. The van der Waals surface area contributed by atoms with Crippen molar-refractivity contribution in [2.24, 2.45) is 5.92 Å². The van der Waals surface area contributed by atoms with E-state index < -0.39 is 0 Å². The number of pyridine rings is 1. The van der Waals surface area contributed by atoms with Crippen LogP contribution in [0, 0.1) is 5.92 Å². The van der Waals surface area contributed by atoms with Crippen molar-refractivity contribution < 1.29 is 4.79 Å². The summed E-state index contributed by atoms with van der Waals surface area (Å²) in [5.41, 5.74) is 9.43. The zero-order valence-electron chi connectivity index (χ0n) is 12.9. The van der Waals surface area contributed by atoms with Gasteiger partial charge >= 0.3 is 0 Å². The van der Waals surface area contributed by atoms with E-state index in [0.717, 1.165) is 48.2 Å². The fourth-order valence-corrected chi connectivity index (χ4v) is 3.60. The first-order valence-corrected chi connectivity index (χ1v) is 8.07. The number of hydrogen-bond acceptors (Lipinski definition) is 5. The second-order valence-corrected chi connectivity index (χ2v) is 6.27. The molecule has 0 bridgehead atoms. The van der Waals surface area contributed by atoms with E-state index >= 15 is 0 Å². The third-order valence-corrected chi connectivity index (χ3v) is 4.75. The smallest absolute Gasteiger partial charge is 0.226 e. The summed E-state index contributed by atoms with van der Waals surface area (Å²) in [5, 5.41) is 0. The molecule has 0 saturated heterocycles. The fourth-order valence-electron chi connectivity index (χ4n) is 3.60. The standard InChI is InChI=1S/C17H19N5O/c18-17-20-14-10-22(16(23)11-4-1-2-5-11)9-13(14)15(21-17)12-6-3-7-19-8-12/h3,6-8,11H,1-2,4-5,9-10H2,(H2,18,20,21). The van der Waals surface area contributed by atoms with Crippen molar-refractivity contribution in [1.29, 1.82) is 0 Å². The van der Waals surface area contributed by atoms with Gasteiger partial charge in [-0.1, -0.05) is 12.8 Å². The first kappa shape index (κ1) is 14.1. The van der Waals surface area contributed by atoms with Gasteiger partial charge in [-0.15, -0.1) is 0 Å². The van der Waals surface area contributed by atoms with Gasteiger partial charge in [-0.2, -0.15) is 0 Å². The van der Waals surface area contributed by atoms with Crippen LogP contribution in [0.5, 0.6) is 0 Å². The summed E-state index contributed by atoms with van der Waals surface area (Å²) >= 11 is 0. The fraction of sp³-hybridized carbons (Fsp3) is 0.412. The van der Waals surface area contributed by atoms with Crippen LogP contribution in [-0.4, -0.2) is 25.8 Å². The van der Waals surface area contributed by atoms with E-state index in [9.17, 15) is 4.79 Å². The number of nitrogens with two attached hydrogens (primary N) is 1. The molecule has 2 aliphatic rings. The molecule has 0 radical (unpaired) electrons. The minimum Gasteiger partial charge on any atom is -0.368 e. The van der Waals surface area contributed by atoms with Crippen LogP contribution in [0.1, 0.15) is 36.9 Å². The molecule has 0 aromatic carbocycles. The molecule has 1 fully saturated rings. The molecule has 1 aliphatic carbocycles. The molecule has 0 unspecified atom stereocenters. The van der Waals surface area contributed by atoms with Crippen LogP contribution < -0.4 is 5.73 Å². The maximum Gasteiger partial charge on any atom is 0.226 e. The summed E-state index contributed by atoms with van der Waals surface area (Å²) < 4.78 is 0. The van der Waals surface area contributed by atoms with E-state index in [2.05, 4.69) is 15.0 Å². The Balaban J connectivity index is 1.67. The van der Waals surface area contributed by atoms with Crippen LogP contribution >= 0.6 is 0 Å². The van der Waals surface area contributed by atoms with Gasteiger partial charge in [-0.3, -0.25) is 9.78 Å².